The lowest BCUT2D eigenvalue weighted by Crippen LogP contribution is -1.92. The SMILES string of the molecule is O=C(CC=Cc1c(O)cc(O)cc1O)CC=Cc1c(O)cc(O)cc1O. The van der Waals surface area contributed by atoms with Gasteiger partial charge in [-0.15, -0.1) is 0 Å². The van der Waals surface area contributed by atoms with Crippen LogP contribution < -0.4 is 0 Å². The van der Waals surface area contributed by atoms with Crippen molar-refractivity contribution < 1.29 is 35.4 Å². The van der Waals surface area contributed by atoms with Crippen LogP contribution in [0.1, 0.15) is 24.0 Å². The van der Waals surface area contributed by atoms with Crippen LogP contribution in [-0.2, 0) is 4.79 Å². The molecule has 7 heteroatoms. The first kappa shape index (κ1) is 18.7. The largest absolute Gasteiger partial charge is 0.508 e. The first-order valence-corrected chi connectivity index (χ1v) is 7.62. The van der Waals surface area contributed by atoms with Crippen molar-refractivity contribution in [3.8, 4) is 34.5 Å². The number of phenols is 6. The quantitative estimate of drug-likeness (QED) is 0.467. The summed E-state index contributed by atoms with van der Waals surface area (Å²) >= 11 is 0. The van der Waals surface area contributed by atoms with Gasteiger partial charge in [0.05, 0.1) is 11.1 Å². The van der Waals surface area contributed by atoms with Crippen LogP contribution in [0.25, 0.3) is 12.2 Å². The van der Waals surface area contributed by atoms with Crippen LogP contribution in [0.4, 0.5) is 0 Å². The second-order valence-corrected chi connectivity index (χ2v) is 5.55. The molecule has 0 fully saturated rings. The highest BCUT2D eigenvalue weighted by atomic mass is 16.3. The van der Waals surface area contributed by atoms with Crippen molar-refractivity contribution in [2.45, 2.75) is 12.8 Å². The van der Waals surface area contributed by atoms with E-state index in [1.54, 1.807) is 0 Å². The van der Waals surface area contributed by atoms with E-state index in [1.807, 2.05) is 0 Å². The molecule has 0 heterocycles. The molecule has 0 saturated carbocycles. The van der Waals surface area contributed by atoms with Crippen LogP contribution in [0.5, 0.6) is 34.5 Å². The Kier molecular flexibility index (Phi) is 5.74. The minimum atomic E-state index is -0.315. The van der Waals surface area contributed by atoms with Gasteiger partial charge >= 0.3 is 0 Å². The molecule has 0 radical (unpaired) electrons. The van der Waals surface area contributed by atoms with Crippen molar-refractivity contribution in [1.29, 1.82) is 0 Å². The number of hydrogen-bond acceptors (Lipinski definition) is 7. The number of benzene rings is 2. The van der Waals surface area contributed by atoms with Gasteiger partial charge in [0.25, 0.3) is 0 Å². The summed E-state index contributed by atoms with van der Waals surface area (Å²) in [5.74, 6) is -2.01. The number of carbonyl (C=O) groups excluding carboxylic acids is 1. The standard InChI is InChI=1S/C19H18O7/c20-11(3-1-5-14-16(23)7-12(21)8-17(14)24)4-2-6-15-18(25)9-13(22)10-19(15)26/h1-2,5-10,21-26H,3-4H2. The summed E-state index contributed by atoms with van der Waals surface area (Å²) in [5.41, 5.74) is 0.176. The van der Waals surface area contributed by atoms with Crippen molar-refractivity contribution in [2.24, 2.45) is 0 Å². The third-order valence-electron chi connectivity index (χ3n) is 3.50. The van der Waals surface area contributed by atoms with Crippen LogP contribution in [-0.4, -0.2) is 36.4 Å². The molecule has 0 bridgehead atoms. The van der Waals surface area contributed by atoms with E-state index in [4.69, 9.17) is 0 Å². The zero-order valence-corrected chi connectivity index (χ0v) is 13.6. The van der Waals surface area contributed by atoms with E-state index in [0.29, 0.717) is 0 Å². The molecule has 0 spiro atoms. The number of Topliss-reactive ketones (excluding diaryl/α,β-unsaturated/α-hetero) is 1. The second kappa shape index (κ2) is 7.98. The van der Waals surface area contributed by atoms with E-state index in [-0.39, 0.29) is 64.2 Å². The molecule has 0 unspecified atom stereocenters. The van der Waals surface area contributed by atoms with Gasteiger partial charge in [-0.25, -0.2) is 0 Å². The minimum absolute atomic E-state index is 0.0254. The smallest absolute Gasteiger partial charge is 0.140 e. The van der Waals surface area contributed by atoms with Crippen LogP contribution in [0.3, 0.4) is 0 Å². The van der Waals surface area contributed by atoms with Gasteiger partial charge < -0.3 is 30.6 Å². The molecule has 2 aromatic rings. The highest BCUT2D eigenvalue weighted by Crippen LogP contribution is 2.34. The molecule has 6 N–H and O–H groups in total. The van der Waals surface area contributed by atoms with E-state index in [1.165, 1.54) is 24.3 Å². The minimum Gasteiger partial charge on any atom is -0.508 e. The molecule has 2 aromatic carbocycles. The lowest BCUT2D eigenvalue weighted by Gasteiger charge is -2.03. The van der Waals surface area contributed by atoms with Crippen molar-refractivity contribution in [2.75, 3.05) is 0 Å². The number of ketones is 1. The molecule has 0 amide bonds. The molecule has 0 aliphatic carbocycles. The highest BCUT2D eigenvalue weighted by molar-refractivity contribution is 5.83. The molecule has 2 rings (SSSR count). The molecule has 7 nitrogen and oxygen atoms in total. The summed E-state index contributed by atoms with van der Waals surface area (Å²) < 4.78 is 0. The predicted octanol–water partition coefficient (Wildman–Crippen LogP) is 3.00. The first-order chi connectivity index (χ1) is 12.3. The molecule has 0 atom stereocenters. The van der Waals surface area contributed by atoms with Gasteiger partial charge in [0, 0.05) is 37.1 Å². The van der Waals surface area contributed by atoms with Gasteiger partial charge in [-0.3, -0.25) is 4.79 Å². The van der Waals surface area contributed by atoms with Crippen LogP contribution in [0.2, 0.25) is 0 Å². The number of carbonyl (C=O) groups is 1. The average molecular weight is 358 g/mol. The number of allylic oxidation sites excluding steroid dienone is 2. The zero-order chi connectivity index (χ0) is 19.3. The molecular formula is C19H18O7. The fourth-order valence-electron chi connectivity index (χ4n) is 2.26. The topological polar surface area (TPSA) is 138 Å². The molecule has 0 aliphatic rings. The Balaban J connectivity index is 1.96. The number of aromatic hydroxyl groups is 6. The fourth-order valence-corrected chi connectivity index (χ4v) is 2.26. The van der Waals surface area contributed by atoms with E-state index < -0.39 is 0 Å². The van der Waals surface area contributed by atoms with Crippen LogP contribution in [0.15, 0.2) is 36.4 Å². The molecule has 0 saturated heterocycles. The molecule has 136 valence electrons. The third kappa shape index (κ3) is 4.70. The number of rotatable bonds is 6. The highest BCUT2D eigenvalue weighted by Gasteiger charge is 2.08. The summed E-state index contributed by atoms with van der Waals surface area (Å²) in [6.07, 6.45) is 5.69. The number of hydrogen-bond donors (Lipinski definition) is 6. The Bertz CT molecular complexity index is 764. The Morgan fingerprint density at radius 2 is 0.962 bits per heavy atom. The Morgan fingerprint density at radius 3 is 1.27 bits per heavy atom. The average Bonchev–Trinajstić information content (AvgIpc) is 2.52. The summed E-state index contributed by atoms with van der Waals surface area (Å²) in [4.78, 5) is 11.8. The molecule has 0 aliphatic heterocycles. The third-order valence-corrected chi connectivity index (χ3v) is 3.50. The summed E-state index contributed by atoms with van der Waals surface area (Å²) in [7, 11) is 0. The van der Waals surface area contributed by atoms with E-state index >= 15 is 0 Å². The normalized spacial score (nSPS) is 11.4. The van der Waals surface area contributed by atoms with Gasteiger partial charge in [-0.1, -0.05) is 24.3 Å². The molecule has 26 heavy (non-hydrogen) atoms. The van der Waals surface area contributed by atoms with E-state index in [0.717, 1.165) is 24.3 Å². The Morgan fingerprint density at radius 1 is 0.654 bits per heavy atom. The summed E-state index contributed by atoms with van der Waals surface area (Å²) in [5, 5.41) is 57.0. The van der Waals surface area contributed by atoms with Crippen molar-refractivity contribution in [3.63, 3.8) is 0 Å². The van der Waals surface area contributed by atoms with Crippen LogP contribution >= 0.6 is 0 Å². The van der Waals surface area contributed by atoms with Gasteiger partial charge in [-0.05, 0) is 0 Å². The Labute approximate surface area is 149 Å². The lowest BCUT2D eigenvalue weighted by molar-refractivity contribution is -0.117. The van der Waals surface area contributed by atoms with Gasteiger partial charge in [0.2, 0.25) is 0 Å². The maximum absolute atomic E-state index is 11.8. The van der Waals surface area contributed by atoms with Crippen molar-refractivity contribution >= 4 is 17.9 Å². The monoisotopic (exact) mass is 358 g/mol. The maximum atomic E-state index is 11.8. The molecule has 0 aromatic heterocycles. The predicted molar refractivity (Wildman–Crippen MR) is 95.2 cm³/mol. The van der Waals surface area contributed by atoms with E-state index in [2.05, 4.69) is 0 Å². The fraction of sp³-hybridized carbons (Fsp3) is 0.105. The summed E-state index contributed by atoms with van der Waals surface area (Å²) in [6.45, 7) is 0. The van der Waals surface area contributed by atoms with Gasteiger partial charge in [0.1, 0.15) is 40.3 Å². The second-order valence-electron chi connectivity index (χ2n) is 5.55. The summed E-state index contributed by atoms with van der Waals surface area (Å²) in [6, 6.07) is 4.28. The first-order valence-electron chi connectivity index (χ1n) is 7.62. The molecular weight excluding hydrogens is 340 g/mol. The maximum Gasteiger partial charge on any atom is 0.140 e. The van der Waals surface area contributed by atoms with Gasteiger partial charge in [0.15, 0.2) is 0 Å². The lowest BCUT2D eigenvalue weighted by atomic mass is 10.1. The zero-order valence-electron chi connectivity index (χ0n) is 13.6. The van der Waals surface area contributed by atoms with E-state index in [9.17, 15) is 35.4 Å². The van der Waals surface area contributed by atoms with Crippen molar-refractivity contribution in [1.82, 2.24) is 0 Å². The number of phenolic OH excluding ortho intramolecular Hbond substituents is 6. The van der Waals surface area contributed by atoms with Crippen molar-refractivity contribution in [3.05, 3.63) is 47.5 Å². The van der Waals surface area contributed by atoms with Gasteiger partial charge in [-0.2, -0.15) is 0 Å². The van der Waals surface area contributed by atoms with Crippen LogP contribution in [0, 0.1) is 0 Å². The Hall–Kier alpha value is -3.61.